The van der Waals surface area contributed by atoms with Gasteiger partial charge in [0.25, 0.3) is 17.7 Å². The zero-order valence-corrected chi connectivity index (χ0v) is 17.7. The van der Waals surface area contributed by atoms with Crippen molar-refractivity contribution in [2.45, 2.75) is 0 Å². The van der Waals surface area contributed by atoms with Crippen molar-refractivity contribution in [3.8, 4) is 0 Å². The molecular formula is C23H14Cl2FN3O3. The van der Waals surface area contributed by atoms with Gasteiger partial charge in [-0.1, -0.05) is 29.3 Å². The van der Waals surface area contributed by atoms with Crippen LogP contribution in [0.2, 0.25) is 5.02 Å². The quantitative estimate of drug-likeness (QED) is 0.505. The molecule has 0 bridgehead atoms. The van der Waals surface area contributed by atoms with Crippen molar-refractivity contribution in [3.63, 3.8) is 0 Å². The smallest absolute Gasteiger partial charge is 0.283 e. The lowest BCUT2D eigenvalue weighted by Crippen LogP contribution is -2.32. The Labute approximate surface area is 192 Å². The molecule has 160 valence electrons. The fourth-order valence-electron chi connectivity index (χ4n) is 3.05. The Morgan fingerprint density at radius 1 is 0.844 bits per heavy atom. The summed E-state index contributed by atoms with van der Waals surface area (Å²) in [5, 5.41) is 5.60. The molecule has 0 aliphatic carbocycles. The van der Waals surface area contributed by atoms with Gasteiger partial charge in [0.2, 0.25) is 0 Å². The molecule has 0 unspecified atom stereocenters. The third-order valence-electron chi connectivity index (χ3n) is 4.61. The Hall–Kier alpha value is -3.68. The summed E-state index contributed by atoms with van der Waals surface area (Å²) in [6.45, 7) is 0. The highest BCUT2D eigenvalue weighted by Gasteiger charge is 2.39. The predicted molar refractivity (Wildman–Crippen MR) is 121 cm³/mol. The van der Waals surface area contributed by atoms with E-state index in [0.29, 0.717) is 27.6 Å². The van der Waals surface area contributed by atoms with Crippen LogP contribution in [-0.2, 0) is 9.59 Å². The Balaban J connectivity index is 1.48. The summed E-state index contributed by atoms with van der Waals surface area (Å²) in [5.74, 6) is -2.09. The molecule has 0 atom stereocenters. The first kappa shape index (κ1) is 21.5. The number of carbonyl (C=O) groups excluding carboxylic acids is 3. The Morgan fingerprint density at radius 2 is 1.50 bits per heavy atom. The van der Waals surface area contributed by atoms with Crippen molar-refractivity contribution in [1.29, 1.82) is 0 Å². The van der Waals surface area contributed by atoms with Gasteiger partial charge in [0.05, 0.1) is 5.69 Å². The first-order valence-corrected chi connectivity index (χ1v) is 10.1. The summed E-state index contributed by atoms with van der Waals surface area (Å²) in [4.78, 5) is 38.6. The number of carbonyl (C=O) groups is 3. The molecular weight excluding hydrogens is 456 g/mol. The minimum Gasteiger partial charge on any atom is -0.350 e. The van der Waals surface area contributed by atoms with E-state index in [-0.39, 0.29) is 16.6 Å². The summed E-state index contributed by atoms with van der Waals surface area (Å²) in [7, 11) is 0. The lowest BCUT2D eigenvalue weighted by Gasteiger charge is -2.15. The van der Waals surface area contributed by atoms with Gasteiger partial charge in [-0.05, 0) is 66.7 Å². The highest BCUT2D eigenvalue weighted by molar-refractivity contribution is 6.53. The largest absolute Gasteiger partial charge is 0.350 e. The number of anilines is 3. The van der Waals surface area contributed by atoms with Gasteiger partial charge in [-0.2, -0.15) is 0 Å². The van der Waals surface area contributed by atoms with Crippen molar-refractivity contribution in [1.82, 2.24) is 0 Å². The van der Waals surface area contributed by atoms with Crippen LogP contribution < -0.4 is 15.5 Å². The topological polar surface area (TPSA) is 78.5 Å². The van der Waals surface area contributed by atoms with Crippen LogP contribution in [0.25, 0.3) is 0 Å². The van der Waals surface area contributed by atoms with Gasteiger partial charge < -0.3 is 10.6 Å². The van der Waals surface area contributed by atoms with Gasteiger partial charge in [0, 0.05) is 22.0 Å². The molecule has 6 nitrogen and oxygen atoms in total. The normalized spacial score (nSPS) is 13.5. The van der Waals surface area contributed by atoms with Crippen LogP contribution >= 0.6 is 23.2 Å². The maximum atomic E-state index is 13.0. The average Bonchev–Trinajstić information content (AvgIpc) is 2.99. The highest BCUT2D eigenvalue weighted by Crippen LogP contribution is 2.31. The van der Waals surface area contributed by atoms with Gasteiger partial charge in [0.15, 0.2) is 0 Å². The molecule has 0 spiro atoms. The SMILES string of the molecule is O=C(Nc1ccc(F)cc1)c1ccc(NC2=C(Cl)C(=O)N(c3cccc(Cl)c3)C2=O)cc1. The Bertz CT molecular complexity index is 1260. The van der Waals surface area contributed by atoms with Crippen molar-refractivity contribution in [2.24, 2.45) is 0 Å². The second-order valence-electron chi connectivity index (χ2n) is 6.78. The molecule has 1 aliphatic heterocycles. The van der Waals surface area contributed by atoms with Crippen LogP contribution in [0.15, 0.2) is 83.5 Å². The molecule has 9 heteroatoms. The summed E-state index contributed by atoms with van der Waals surface area (Å²) in [5.41, 5.74) is 1.46. The third kappa shape index (κ3) is 4.34. The molecule has 1 aliphatic rings. The van der Waals surface area contributed by atoms with Gasteiger partial charge in [-0.3, -0.25) is 14.4 Å². The van der Waals surface area contributed by atoms with Gasteiger partial charge in [-0.25, -0.2) is 9.29 Å². The molecule has 1 heterocycles. The van der Waals surface area contributed by atoms with Crippen LogP contribution in [0.1, 0.15) is 10.4 Å². The fraction of sp³-hybridized carbons (Fsp3) is 0. The van der Waals surface area contributed by atoms with E-state index in [4.69, 9.17) is 23.2 Å². The number of imide groups is 1. The molecule has 3 aromatic carbocycles. The van der Waals surface area contributed by atoms with E-state index in [0.717, 1.165) is 4.90 Å². The number of amides is 3. The van der Waals surface area contributed by atoms with E-state index in [1.54, 1.807) is 30.3 Å². The standard InChI is InChI=1S/C23H14Cl2FN3O3/c24-14-2-1-3-18(12-14)29-22(31)19(25)20(23(29)32)27-16-8-4-13(5-9-16)21(30)28-17-10-6-15(26)7-11-17/h1-12,27H,(H,28,30). The van der Waals surface area contributed by atoms with E-state index in [1.165, 1.54) is 42.5 Å². The molecule has 4 rings (SSSR count). The first-order valence-electron chi connectivity index (χ1n) is 9.31. The number of nitrogens with one attached hydrogen (secondary N) is 2. The van der Waals surface area contributed by atoms with E-state index in [9.17, 15) is 18.8 Å². The number of halogens is 3. The number of rotatable bonds is 5. The molecule has 0 saturated carbocycles. The Kier molecular flexibility index (Phi) is 5.94. The van der Waals surface area contributed by atoms with E-state index in [2.05, 4.69) is 10.6 Å². The molecule has 3 amide bonds. The average molecular weight is 470 g/mol. The molecule has 0 radical (unpaired) electrons. The fourth-order valence-corrected chi connectivity index (χ4v) is 3.44. The zero-order valence-electron chi connectivity index (χ0n) is 16.2. The van der Waals surface area contributed by atoms with E-state index in [1.807, 2.05) is 0 Å². The van der Waals surface area contributed by atoms with Crippen LogP contribution in [0.4, 0.5) is 21.5 Å². The van der Waals surface area contributed by atoms with Crippen molar-refractivity contribution in [3.05, 3.63) is 99.9 Å². The molecule has 0 aromatic heterocycles. The van der Waals surface area contributed by atoms with Crippen molar-refractivity contribution < 1.29 is 18.8 Å². The highest BCUT2D eigenvalue weighted by atomic mass is 35.5. The number of nitrogens with zero attached hydrogens (tertiary/aromatic N) is 1. The number of hydrogen-bond acceptors (Lipinski definition) is 4. The van der Waals surface area contributed by atoms with Gasteiger partial charge >= 0.3 is 0 Å². The molecule has 2 N–H and O–H groups in total. The second kappa shape index (κ2) is 8.82. The van der Waals surface area contributed by atoms with E-state index >= 15 is 0 Å². The minimum absolute atomic E-state index is 0.0832. The molecule has 32 heavy (non-hydrogen) atoms. The third-order valence-corrected chi connectivity index (χ3v) is 5.20. The van der Waals surface area contributed by atoms with Crippen LogP contribution in [-0.4, -0.2) is 17.7 Å². The van der Waals surface area contributed by atoms with Crippen LogP contribution in [0.5, 0.6) is 0 Å². The van der Waals surface area contributed by atoms with Crippen LogP contribution in [0.3, 0.4) is 0 Å². The number of benzene rings is 3. The monoisotopic (exact) mass is 469 g/mol. The minimum atomic E-state index is -0.670. The maximum Gasteiger partial charge on any atom is 0.283 e. The summed E-state index contributed by atoms with van der Waals surface area (Å²) < 4.78 is 13.0. The van der Waals surface area contributed by atoms with Crippen molar-refractivity contribution in [2.75, 3.05) is 15.5 Å². The molecule has 0 fully saturated rings. The van der Waals surface area contributed by atoms with Gasteiger partial charge in [-0.15, -0.1) is 0 Å². The summed E-state index contributed by atoms with van der Waals surface area (Å²) in [6.07, 6.45) is 0. The van der Waals surface area contributed by atoms with Crippen LogP contribution in [0, 0.1) is 5.82 Å². The van der Waals surface area contributed by atoms with E-state index < -0.39 is 17.6 Å². The number of hydrogen-bond donors (Lipinski definition) is 2. The maximum absolute atomic E-state index is 13.0. The lowest BCUT2D eigenvalue weighted by molar-refractivity contribution is -0.120. The molecule has 3 aromatic rings. The first-order chi connectivity index (χ1) is 15.3. The second-order valence-corrected chi connectivity index (χ2v) is 7.59. The molecule has 0 saturated heterocycles. The van der Waals surface area contributed by atoms with Gasteiger partial charge in [0.1, 0.15) is 16.5 Å². The zero-order chi connectivity index (χ0) is 22.8. The Morgan fingerprint density at radius 3 is 2.16 bits per heavy atom. The summed E-state index contributed by atoms with van der Waals surface area (Å²) >= 11 is 12.1. The summed E-state index contributed by atoms with van der Waals surface area (Å²) in [6, 6.07) is 17.9. The lowest BCUT2D eigenvalue weighted by atomic mass is 10.2. The predicted octanol–water partition coefficient (Wildman–Crippen LogP) is 5.17. The van der Waals surface area contributed by atoms with Crippen molar-refractivity contribution >= 4 is 58.0 Å².